The van der Waals surface area contributed by atoms with Gasteiger partial charge >= 0.3 is 6.18 Å². The largest absolute Gasteiger partial charge is 0.431 e. The van der Waals surface area contributed by atoms with Crippen molar-refractivity contribution in [3.05, 3.63) is 33.7 Å². The third-order valence-electron chi connectivity index (χ3n) is 3.57. The number of H-pyrrole nitrogens is 1. The number of hydrogen-bond acceptors (Lipinski definition) is 4. The van der Waals surface area contributed by atoms with Gasteiger partial charge in [0.15, 0.2) is 0 Å². The number of methoxy groups -OCH3 is 1. The molecule has 1 aromatic heterocycles. The number of morpholine rings is 1. The lowest BCUT2D eigenvalue weighted by atomic mass is 10.0. The first-order chi connectivity index (χ1) is 11.0. The molecule has 1 N–H and O–H groups in total. The molecular weight excluding hydrogens is 329 g/mol. The van der Waals surface area contributed by atoms with E-state index < -0.39 is 28.9 Å². The van der Waals surface area contributed by atoms with E-state index in [2.05, 4.69) is 0 Å². The van der Waals surface area contributed by atoms with E-state index in [0.717, 1.165) is 6.07 Å². The Bertz CT molecular complexity index is 669. The molecule has 0 unspecified atom stereocenters. The fourth-order valence-corrected chi connectivity index (χ4v) is 2.70. The Labute approximate surface area is 136 Å². The molecule has 1 atom stereocenters. The Hall–Kier alpha value is -1.87. The molecule has 1 aliphatic heterocycles. The van der Waals surface area contributed by atoms with Crippen LogP contribution in [0.25, 0.3) is 0 Å². The lowest BCUT2D eigenvalue weighted by Gasteiger charge is -2.42. The minimum Gasteiger partial charge on any atom is -0.382 e. The number of hydrogen-bond donors (Lipinski definition) is 1. The highest BCUT2D eigenvalue weighted by Gasteiger charge is 2.37. The first kappa shape index (κ1) is 18.5. The molecule has 1 saturated heterocycles. The predicted octanol–water partition coefficient (Wildman–Crippen LogP) is 1.66. The summed E-state index contributed by atoms with van der Waals surface area (Å²) in [4.78, 5) is 27.5. The molecule has 2 rings (SSSR count). The summed E-state index contributed by atoms with van der Waals surface area (Å²) in [5.74, 6) is -0.637. The number of aromatic nitrogens is 1. The zero-order chi connectivity index (χ0) is 18.1. The summed E-state index contributed by atoms with van der Waals surface area (Å²) in [6.45, 7) is 4.23. The number of halogens is 3. The minimum atomic E-state index is -4.68. The summed E-state index contributed by atoms with van der Waals surface area (Å²) in [7, 11) is 1.50. The number of pyridine rings is 1. The lowest BCUT2D eigenvalue weighted by Crippen LogP contribution is -2.56. The molecular formula is C15H19F3N2O4. The van der Waals surface area contributed by atoms with Gasteiger partial charge in [-0.25, -0.2) is 0 Å². The van der Waals surface area contributed by atoms with Crippen molar-refractivity contribution >= 4 is 5.91 Å². The second kappa shape index (κ2) is 6.56. The van der Waals surface area contributed by atoms with Crippen molar-refractivity contribution in [2.45, 2.75) is 31.7 Å². The van der Waals surface area contributed by atoms with Crippen LogP contribution in [0.1, 0.15) is 29.9 Å². The lowest BCUT2D eigenvalue weighted by molar-refractivity contribution is -0.143. The molecule has 0 aromatic carbocycles. The van der Waals surface area contributed by atoms with Gasteiger partial charge in [-0.05, 0) is 26.0 Å². The van der Waals surface area contributed by atoms with Crippen LogP contribution in [0.3, 0.4) is 0 Å². The van der Waals surface area contributed by atoms with Crippen molar-refractivity contribution in [1.82, 2.24) is 9.88 Å². The van der Waals surface area contributed by atoms with Crippen molar-refractivity contribution in [2.75, 3.05) is 26.8 Å². The van der Waals surface area contributed by atoms with Crippen LogP contribution in [-0.2, 0) is 15.7 Å². The average Bonchev–Trinajstić information content (AvgIpc) is 2.44. The molecule has 0 spiro atoms. The Morgan fingerprint density at radius 3 is 2.67 bits per heavy atom. The van der Waals surface area contributed by atoms with Crippen LogP contribution in [0.4, 0.5) is 13.2 Å². The van der Waals surface area contributed by atoms with Gasteiger partial charge in [0.1, 0.15) is 11.3 Å². The fourth-order valence-electron chi connectivity index (χ4n) is 2.70. The summed E-state index contributed by atoms with van der Waals surface area (Å²) in [5.41, 5.74) is -3.25. The van der Waals surface area contributed by atoms with Crippen molar-refractivity contribution in [2.24, 2.45) is 0 Å². The van der Waals surface area contributed by atoms with Gasteiger partial charge in [-0.15, -0.1) is 0 Å². The molecule has 0 saturated carbocycles. The zero-order valence-corrected chi connectivity index (χ0v) is 13.6. The van der Waals surface area contributed by atoms with Gasteiger partial charge in [0.05, 0.1) is 18.3 Å². The number of nitrogens with zero attached hydrogens (tertiary/aromatic N) is 1. The van der Waals surface area contributed by atoms with Gasteiger partial charge in [-0.3, -0.25) is 9.59 Å². The molecule has 0 bridgehead atoms. The third-order valence-corrected chi connectivity index (χ3v) is 3.57. The Kier molecular flexibility index (Phi) is 5.05. The molecule has 2 heterocycles. The summed E-state index contributed by atoms with van der Waals surface area (Å²) in [5, 5.41) is 0. The Balaban J connectivity index is 2.26. The van der Waals surface area contributed by atoms with Crippen LogP contribution in [0.15, 0.2) is 16.9 Å². The van der Waals surface area contributed by atoms with E-state index in [1.807, 2.05) is 0 Å². The van der Waals surface area contributed by atoms with Gasteiger partial charge in [0.2, 0.25) is 0 Å². The number of ether oxygens (including phenoxy) is 2. The van der Waals surface area contributed by atoms with Crippen LogP contribution in [0.2, 0.25) is 0 Å². The molecule has 9 heteroatoms. The van der Waals surface area contributed by atoms with Gasteiger partial charge in [-0.2, -0.15) is 13.2 Å². The first-order valence-corrected chi connectivity index (χ1v) is 7.30. The van der Waals surface area contributed by atoms with E-state index in [0.29, 0.717) is 6.07 Å². The summed E-state index contributed by atoms with van der Waals surface area (Å²) < 4.78 is 48.6. The highest BCUT2D eigenvalue weighted by Crippen LogP contribution is 2.27. The predicted molar refractivity (Wildman–Crippen MR) is 78.8 cm³/mol. The number of rotatable bonds is 3. The van der Waals surface area contributed by atoms with Crippen LogP contribution in [-0.4, -0.2) is 54.3 Å². The van der Waals surface area contributed by atoms with E-state index >= 15 is 0 Å². The van der Waals surface area contributed by atoms with Crippen LogP contribution >= 0.6 is 0 Å². The molecule has 1 amide bonds. The molecule has 6 nitrogen and oxygen atoms in total. The SMILES string of the molecule is COC[C@H]1CN(C(=O)c2ccc(C(F)(F)F)[nH]c2=O)CC(C)(C)O1. The maximum atomic E-state index is 12.6. The molecule has 134 valence electrons. The van der Waals surface area contributed by atoms with E-state index in [-0.39, 0.29) is 31.4 Å². The van der Waals surface area contributed by atoms with Crippen molar-refractivity contribution in [3.8, 4) is 0 Å². The molecule has 0 radical (unpaired) electrons. The second-order valence-electron chi connectivity index (χ2n) is 6.25. The zero-order valence-electron chi connectivity index (χ0n) is 13.6. The smallest absolute Gasteiger partial charge is 0.382 e. The van der Waals surface area contributed by atoms with Crippen LogP contribution in [0, 0.1) is 0 Å². The summed E-state index contributed by atoms with van der Waals surface area (Å²) in [6.07, 6.45) is -5.05. The Morgan fingerprint density at radius 2 is 2.12 bits per heavy atom. The summed E-state index contributed by atoms with van der Waals surface area (Å²) >= 11 is 0. The van der Waals surface area contributed by atoms with Crippen molar-refractivity contribution < 1.29 is 27.4 Å². The monoisotopic (exact) mass is 348 g/mol. The van der Waals surface area contributed by atoms with Crippen LogP contribution < -0.4 is 5.56 Å². The van der Waals surface area contributed by atoms with Crippen molar-refractivity contribution in [1.29, 1.82) is 0 Å². The minimum absolute atomic E-state index is 0.191. The van der Waals surface area contributed by atoms with Gasteiger partial charge in [0.25, 0.3) is 11.5 Å². The van der Waals surface area contributed by atoms with Gasteiger partial charge < -0.3 is 19.4 Å². The molecule has 1 aromatic rings. The topological polar surface area (TPSA) is 71.6 Å². The molecule has 0 aliphatic carbocycles. The van der Waals surface area contributed by atoms with E-state index in [9.17, 15) is 22.8 Å². The first-order valence-electron chi connectivity index (χ1n) is 7.30. The maximum absolute atomic E-state index is 12.6. The number of alkyl halides is 3. The number of carbonyl (C=O) groups is 1. The van der Waals surface area contributed by atoms with E-state index in [4.69, 9.17) is 9.47 Å². The highest BCUT2D eigenvalue weighted by molar-refractivity contribution is 5.94. The standard InChI is InChI=1S/C15H19F3N2O4/c1-14(2)8-20(6-9(24-14)7-23-3)13(22)10-4-5-11(15(16,17)18)19-12(10)21/h4-5,9H,6-8H2,1-3H3,(H,19,21)/t9-/m1/s1. The fraction of sp³-hybridized carbons (Fsp3) is 0.600. The number of carbonyl (C=O) groups excluding carboxylic acids is 1. The average molecular weight is 348 g/mol. The number of nitrogens with one attached hydrogen (secondary N) is 1. The molecule has 1 aliphatic rings. The van der Waals surface area contributed by atoms with Crippen molar-refractivity contribution in [3.63, 3.8) is 0 Å². The summed E-state index contributed by atoms with van der Waals surface area (Å²) in [6, 6.07) is 1.59. The van der Waals surface area contributed by atoms with Gasteiger partial charge in [0, 0.05) is 20.2 Å². The van der Waals surface area contributed by atoms with E-state index in [1.54, 1.807) is 18.8 Å². The Morgan fingerprint density at radius 1 is 1.46 bits per heavy atom. The molecule has 1 fully saturated rings. The maximum Gasteiger partial charge on any atom is 0.431 e. The highest BCUT2D eigenvalue weighted by atomic mass is 19.4. The third kappa shape index (κ3) is 4.15. The molecule has 24 heavy (non-hydrogen) atoms. The van der Waals surface area contributed by atoms with Gasteiger partial charge in [-0.1, -0.05) is 0 Å². The second-order valence-corrected chi connectivity index (χ2v) is 6.25. The van der Waals surface area contributed by atoms with E-state index in [1.165, 1.54) is 12.0 Å². The normalized spacial score (nSPS) is 20.9. The number of aromatic amines is 1. The number of amides is 1. The van der Waals surface area contributed by atoms with Crippen LogP contribution in [0.5, 0.6) is 0 Å². The quantitative estimate of drug-likeness (QED) is 0.902.